The van der Waals surface area contributed by atoms with Crippen molar-refractivity contribution in [2.45, 2.75) is 26.7 Å². The molecule has 0 atom stereocenters. The number of benzene rings is 2. The average Bonchev–Trinajstić information content (AvgIpc) is 3.31. The Bertz CT molecular complexity index is 1330. The van der Waals surface area contributed by atoms with Crippen LogP contribution in [0.5, 0.6) is 0 Å². The van der Waals surface area contributed by atoms with Crippen molar-refractivity contribution >= 4 is 11.6 Å². The first kappa shape index (κ1) is 21.3. The summed E-state index contributed by atoms with van der Waals surface area (Å²) in [6.45, 7) is 5.68. The number of aromatic nitrogens is 4. The number of anilines is 1. The van der Waals surface area contributed by atoms with Crippen molar-refractivity contribution in [1.29, 1.82) is 0 Å². The van der Waals surface area contributed by atoms with E-state index in [-0.39, 0.29) is 23.0 Å². The Labute approximate surface area is 184 Å². The van der Waals surface area contributed by atoms with Gasteiger partial charge in [0.15, 0.2) is 0 Å². The highest BCUT2D eigenvalue weighted by Crippen LogP contribution is 2.24. The molecule has 0 spiro atoms. The molecule has 32 heavy (non-hydrogen) atoms. The molecule has 7 nitrogen and oxygen atoms in total. The molecule has 0 saturated carbocycles. The number of carbonyl (C=O) groups excluding carboxylic acids is 1. The molecule has 0 aliphatic heterocycles. The van der Waals surface area contributed by atoms with Gasteiger partial charge < -0.3 is 5.32 Å². The van der Waals surface area contributed by atoms with Crippen molar-refractivity contribution in [1.82, 2.24) is 19.1 Å². The van der Waals surface area contributed by atoms with Crippen molar-refractivity contribution in [2.24, 2.45) is 7.05 Å². The number of para-hydroxylation sites is 1. The van der Waals surface area contributed by atoms with Crippen LogP contribution in [0.3, 0.4) is 0 Å². The number of halogens is 1. The molecule has 0 bridgehead atoms. The first-order valence-electron chi connectivity index (χ1n) is 10.3. The second-order valence-electron chi connectivity index (χ2n) is 7.88. The number of carbonyl (C=O) groups is 1. The number of rotatable bonds is 5. The first-order valence-corrected chi connectivity index (χ1v) is 10.3. The molecule has 0 radical (unpaired) electrons. The molecule has 1 N–H and O–H groups in total. The van der Waals surface area contributed by atoms with Gasteiger partial charge in [0.2, 0.25) is 0 Å². The molecule has 8 heteroatoms. The number of amides is 1. The lowest BCUT2D eigenvalue weighted by atomic mass is 10.0. The van der Waals surface area contributed by atoms with Crippen LogP contribution in [0.4, 0.5) is 10.1 Å². The van der Waals surface area contributed by atoms with Crippen molar-refractivity contribution in [3.8, 4) is 11.4 Å². The Kier molecular flexibility index (Phi) is 5.52. The molecule has 2 aromatic carbocycles. The quantitative estimate of drug-likeness (QED) is 0.513. The molecule has 4 rings (SSSR count). The van der Waals surface area contributed by atoms with Crippen LogP contribution in [0.15, 0.2) is 65.6 Å². The molecular formula is C24H24FN5O2. The van der Waals surface area contributed by atoms with Gasteiger partial charge in [-0.15, -0.1) is 0 Å². The molecule has 164 valence electrons. The van der Waals surface area contributed by atoms with E-state index in [9.17, 15) is 14.0 Å². The molecule has 0 aliphatic carbocycles. The molecule has 0 unspecified atom stereocenters. The third kappa shape index (κ3) is 3.64. The van der Waals surface area contributed by atoms with Gasteiger partial charge in [0, 0.05) is 7.05 Å². The first-order chi connectivity index (χ1) is 15.3. The van der Waals surface area contributed by atoms with E-state index in [1.54, 1.807) is 35.5 Å². The minimum atomic E-state index is -0.423. The maximum atomic E-state index is 13.3. The molecule has 2 aromatic heterocycles. The third-order valence-corrected chi connectivity index (χ3v) is 5.46. The second kappa shape index (κ2) is 8.30. The number of hydrogen-bond acceptors (Lipinski definition) is 3. The van der Waals surface area contributed by atoms with Crippen LogP contribution >= 0.6 is 0 Å². The van der Waals surface area contributed by atoms with E-state index in [0.717, 1.165) is 0 Å². The minimum Gasteiger partial charge on any atom is -0.316 e. The Morgan fingerprint density at radius 2 is 1.69 bits per heavy atom. The Morgan fingerprint density at radius 1 is 1.03 bits per heavy atom. The summed E-state index contributed by atoms with van der Waals surface area (Å²) in [7, 11) is 1.77. The predicted molar refractivity (Wildman–Crippen MR) is 121 cm³/mol. The number of nitrogens with one attached hydrogen (secondary N) is 1. The lowest BCUT2D eigenvalue weighted by Crippen LogP contribution is -2.23. The van der Waals surface area contributed by atoms with Gasteiger partial charge in [0.25, 0.3) is 11.5 Å². The fourth-order valence-electron chi connectivity index (χ4n) is 3.77. The lowest BCUT2D eigenvalue weighted by molar-refractivity contribution is 0.102. The van der Waals surface area contributed by atoms with E-state index in [1.165, 1.54) is 23.0 Å². The summed E-state index contributed by atoms with van der Waals surface area (Å²) >= 11 is 0. The van der Waals surface area contributed by atoms with E-state index < -0.39 is 5.91 Å². The van der Waals surface area contributed by atoms with Crippen LogP contribution in [-0.2, 0) is 7.05 Å². The zero-order chi connectivity index (χ0) is 23.0. The largest absolute Gasteiger partial charge is 0.316 e. The van der Waals surface area contributed by atoms with E-state index in [1.807, 2.05) is 44.2 Å². The number of nitrogens with zero attached hydrogens (tertiary/aromatic N) is 4. The van der Waals surface area contributed by atoms with Crippen LogP contribution in [0.25, 0.3) is 11.4 Å². The lowest BCUT2D eigenvalue weighted by Gasteiger charge is -2.13. The van der Waals surface area contributed by atoms with Gasteiger partial charge in [0.05, 0.1) is 34.5 Å². The predicted octanol–water partition coefficient (Wildman–Crippen LogP) is 4.18. The van der Waals surface area contributed by atoms with E-state index in [0.29, 0.717) is 28.3 Å². The molecule has 4 aromatic rings. The summed E-state index contributed by atoms with van der Waals surface area (Å²) in [6.07, 6.45) is 1.47. The summed E-state index contributed by atoms with van der Waals surface area (Å²) in [5, 5.41) is 7.15. The van der Waals surface area contributed by atoms with Gasteiger partial charge in [-0.1, -0.05) is 32.0 Å². The number of hydrogen-bond donors (Lipinski definition) is 1. The minimum absolute atomic E-state index is 0.0406. The van der Waals surface area contributed by atoms with Gasteiger partial charge in [-0.3, -0.25) is 14.3 Å². The van der Waals surface area contributed by atoms with Gasteiger partial charge in [-0.05, 0) is 49.2 Å². The van der Waals surface area contributed by atoms with Gasteiger partial charge in [-0.25, -0.2) is 13.8 Å². The normalized spacial score (nSPS) is 11.2. The summed E-state index contributed by atoms with van der Waals surface area (Å²) in [5.41, 5.74) is 2.91. The fourth-order valence-corrected chi connectivity index (χ4v) is 3.77. The molecule has 0 saturated heterocycles. The van der Waals surface area contributed by atoms with Crippen LogP contribution in [0, 0.1) is 12.7 Å². The Morgan fingerprint density at radius 3 is 2.31 bits per heavy atom. The van der Waals surface area contributed by atoms with Crippen molar-refractivity contribution in [3.63, 3.8) is 0 Å². The fraction of sp³-hybridized carbons (Fsp3) is 0.208. The SMILES string of the molecule is Cc1c(NC(=O)c2cnn(-c3ccc(F)cc3)c2C(C)C)c(=O)n(-c2ccccc2)n1C. The molecule has 2 heterocycles. The third-order valence-electron chi connectivity index (χ3n) is 5.46. The topological polar surface area (TPSA) is 73.8 Å². The highest BCUT2D eigenvalue weighted by Gasteiger charge is 2.24. The van der Waals surface area contributed by atoms with Crippen LogP contribution in [0.1, 0.15) is 41.5 Å². The van der Waals surface area contributed by atoms with Crippen molar-refractivity contribution < 1.29 is 9.18 Å². The smallest absolute Gasteiger partial charge is 0.295 e. The van der Waals surface area contributed by atoms with E-state index in [4.69, 9.17) is 0 Å². The monoisotopic (exact) mass is 433 g/mol. The summed E-state index contributed by atoms with van der Waals surface area (Å²) < 4.78 is 18.2. The summed E-state index contributed by atoms with van der Waals surface area (Å²) in [4.78, 5) is 26.3. The van der Waals surface area contributed by atoms with Crippen molar-refractivity contribution in [3.05, 3.63) is 93.9 Å². The van der Waals surface area contributed by atoms with Crippen LogP contribution < -0.4 is 10.9 Å². The maximum absolute atomic E-state index is 13.3. The van der Waals surface area contributed by atoms with Gasteiger partial charge >= 0.3 is 0 Å². The summed E-state index contributed by atoms with van der Waals surface area (Å²) in [5.74, 6) is -0.812. The zero-order valence-corrected chi connectivity index (χ0v) is 18.3. The molecule has 0 fully saturated rings. The van der Waals surface area contributed by atoms with Gasteiger partial charge in [0.1, 0.15) is 11.5 Å². The summed E-state index contributed by atoms with van der Waals surface area (Å²) in [6, 6.07) is 15.1. The standard InChI is InChI=1S/C24H24FN5O2/c1-15(2)22-20(14-26-29(22)18-12-10-17(25)11-13-18)23(31)27-21-16(3)28(4)30(24(21)32)19-8-6-5-7-9-19/h5-15H,1-4H3,(H,27,31). The van der Waals surface area contributed by atoms with Crippen LogP contribution in [-0.4, -0.2) is 25.1 Å². The van der Waals surface area contributed by atoms with Crippen LogP contribution in [0.2, 0.25) is 0 Å². The zero-order valence-electron chi connectivity index (χ0n) is 18.3. The molecular weight excluding hydrogens is 409 g/mol. The Hall–Kier alpha value is -3.94. The van der Waals surface area contributed by atoms with Crippen molar-refractivity contribution in [2.75, 3.05) is 5.32 Å². The van der Waals surface area contributed by atoms with E-state index in [2.05, 4.69) is 10.4 Å². The molecule has 0 aliphatic rings. The maximum Gasteiger partial charge on any atom is 0.295 e. The highest BCUT2D eigenvalue weighted by molar-refractivity contribution is 6.05. The highest BCUT2D eigenvalue weighted by atomic mass is 19.1. The van der Waals surface area contributed by atoms with E-state index >= 15 is 0 Å². The van der Waals surface area contributed by atoms with Gasteiger partial charge in [-0.2, -0.15) is 5.10 Å². The second-order valence-corrected chi connectivity index (χ2v) is 7.88. The Balaban J connectivity index is 1.73. The average molecular weight is 433 g/mol. The molecule has 1 amide bonds.